The first-order valence-corrected chi connectivity index (χ1v) is 11.6. The minimum absolute atomic E-state index is 0.0528. The van der Waals surface area contributed by atoms with E-state index in [-0.39, 0.29) is 11.8 Å². The van der Waals surface area contributed by atoms with Crippen LogP contribution in [0.25, 0.3) is 0 Å². The van der Waals surface area contributed by atoms with Crippen LogP contribution in [0.5, 0.6) is 11.5 Å². The second-order valence-corrected chi connectivity index (χ2v) is 8.75. The lowest BCUT2D eigenvalue weighted by Gasteiger charge is -2.29. The summed E-state index contributed by atoms with van der Waals surface area (Å²) in [5.41, 5.74) is 3.40. The normalized spacial score (nSPS) is 12.7. The lowest BCUT2D eigenvalue weighted by Crippen LogP contribution is -2.35. The van der Waals surface area contributed by atoms with Gasteiger partial charge in [0.2, 0.25) is 0 Å². The van der Waals surface area contributed by atoms with E-state index >= 15 is 0 Å². The van der Waals surface area contributed by atoms with Crippen molar-refractivity contribution in [1.29, 1.82) is 0 Å². The van der Waals surface area contributed by atoms with Crippen molar-refractivity contribution in [3.05, 3.63) is 112 Å². The molecule has 0 unspecified atom stereocenters. The molecule has 0 saturated carbocycles. The van der Waals surface area contributed by atoms with Crippen molar-refractivity contribution >= 4 is 28.8 Å². The standard InChI is InChI=1S/C27H22N2O3S/c30-26(23-9-4-5-10-24(23)32-22-7-2-1-3-8-22)28-21-13-12-19-14-15-29(18-20(19)17-21)27(31)25-11-6-16-33-25/h1-13,16-17H,14-15,18H2,(H,28,30). The number of benzene rings is 3. The van der Waals surface area contributed by atoms with Gasteiger partial charge in [0.25, 0.3) is 11.8 Å². The molecule has 0 atom stereocenters. The summed E-state index contributed by atoms with van der Waals surface area (Å²) in [7, 11) is 0. The molecule has 5 rings (SSSR count). The number of amides is 2. The van der Waals surface area contributed by atoms with Gasteiger partial charge in [-0.05, 0) is 65.4 Å². The van der Waals surface area contributed by atoms with Gasteiger partial charge in [-0.1, -0.05) is 42.5 Å². The van der Waals surface area contributed by atoms with Crippen LogP contribution >= 0.6 is 11.3 Å². The molecule has 0 spiro atoms. The number of hydrogen-bond donors (Lipinski definition) is 1. The summed E-state index contributed by atoms with van der Waals surface area (Å²) in [5, 5.41) is 4.90. The fourth-order valence-electron chi connectivity index (χ4n) is 3.92. The molecular weight excluding hydrogens is 432 g/mol. The molecule has 2 heterocycles. The molecule has 0 aliphatic carbocycles. The van der Waals surface area contributed by atoms with Crippen LogP contribution in [0.2, 0.25) is 0 Å². The van der Waals surface area contributed by atoms with Crippen LogP contribution in [0.3, 0.4) is 0 Å². The third-order valence-corrected chi connectivity index (χ3v) is 6.46. The van der Waals surface area contributed by atoms with Gasteiger partial charge in [-0.25, -0.2) is 0 Å². The summed E-state index contributed by atoms with van der Waals surface area (Å²) in [6.07, 6.45) is 0.800. The van der Waals surface area contributed by atoms with Gasteiger partial charge in [-0.15, -0.1) is 11.3 Å². The summed E-state index contributed by atoms with van der Waals surface area (Å²) in [6, 6.07) is 26.2. The van der Waals surface area contributed by atoms with E-state index < -0.39 is 0 Å². The SMILES string of the molecule is O=C(Nc1ccc2c(c1)CN(C(=O)c1cccs1)CC2)c1ccccc1Oc1ccccc1. The third kappa shape index (κ3) is 4.66. The summed E-state index contributed by atoms with van der Waals surface area (Å²) >= 11 is 1.46. The molecule has 5 nitrogen and oxygen atoms in total. The zero-order valence-electron chi connectivity index (χ0n) is 17.9. The number of carbonyl (C=O) groups is 2. The highest BCUT2D eigenvalue weighted by molar-refractivity contribution is 7.12. The van der Waals surface area contributed by atoms with Gasteiger partial charge in [0.05, 0.1) is 10.4 Å². The summed E-state index contributed by atoms with van der Waals surface area (Å²) < 4.78 is 5.93. The van der Waals surface area contributed by atoms with Crippen molar-refractivity contribution in [1.82, 2.24) is 4.90 Å². The molecule has 0 saturated heterocycles. The fourth-order valence-corrected chi connectivity index (χ4v) is 4.61. The lowest BCUT2D eigenvalue weighted by atomic mass is 9.98. The van der Waals surface area contributed by atoms with Crippen LogP contribution in [0.15, 0.2) is 90.3 Å². The van der Waals surface area contributed by atoms with Crippen molar-refractivity contribution in [3.63, 3.8) is 0 Å². The molecule has 0 radical (unpaired) electrons. The predicted molar refractivity (Wildman–Crippen MR) is 130 cm³/mol. The van der Waals surface area contributed by atoms with Crippen LogP contribution in [0.4, 0.5) is 5.69 Å². The van der Waals surface area contributed by atoms with Crippen molar-refractivity contribution in [3.8, 4) is 11.5 Å². The van der Waals surface area contributed by atoms with Gasteiger partial charge < -0.3 is 15.0 Å². The number of anilines is 1. The summed E-state index contributed by atoms with van der Waals surface area (Å²) in [4.78, 5) is 28.4. The number of carbonyl (C=O) groups excluding carboxylic acids is 2. The Labute approximate surface area is 196 Å². The van der Waals surface area contributed by atoms with Gasteiger partial charge >= 0.3 is 0 Å². The van der Waals surface area contributed by atoms with Gasteiger partial charge in [-0.2, -0.15) is 0 Å². The van der Waals surface area contributed by atoms with Gasteiger partial charge in [0.15, 0.2) is 0 Å². The highest BCUT2D eigenvalue weighted by Gasteiger charge is 2.23. The van der Waals surface area contributed by atoms with Crippen LogP contribution in [-0.4, -0.2) is 23.3 Å². The molecule has 2 amide bonds. The minimum atomic E-state index is -0.246. The zero-order chi connectivity index (χ0) is 22.6. The number of hydrogen-bond acceptors (Lipinski definition) is 4. The monoisotopic (exact) mass is 454 g/mol. The van der Waals surface area contributed by atoms with E-state index in [2.05, 4.69) is 5.32 Å². The molecule has 1 aromatic heterocycles. The zero-order valence-corrected chi connectivity index (χ0v) is 18.7. The predicted octanol–water partition coefficient (Wildman–Crippen LogP) is 5.99. The Kier molecular flexibility index (Phi) is 5.91. The molecule has 0 bridgehead atoms. The second kappa shape index (κ2) is 9.30. The van der Waals surface area contributed by atoms with Crippen LogP contribution in [0.1, 0.15) is 31.2 Å². The average molecular weight is 455 g/mol. The Hall–Kier alpha value is -3.90. The highest BCUT2D eigenvalue weighted by atomic mass is 32.1. The molecule has 0 fully saturated rings. The number of fused-ring (bicyclic) bond motifs is 1. The summed E-state index contributed by atoms with van der Waals surface area (Å²) in [6.45, 7) is 1.23. The second-order valence-electron chi connectivity index (χ2n) is 7.80. The first-order valence-electron chi connectivity index (χ1n) is 10.8. The van der Waals surface area contributed by atoms with Gasteiger partial charge in [0.1, 0.15) is 11.5 Å². The Bertz CT molecular complexity index is 1290. The van der Waals surface area contributed by atoms with Crippen molar-refractivity contribution in [2.45, 2.75) is 13.0 Å². The Morgan fingerprint density at radius 3 is 2.52 bits per heavy atom. The van der Waals surface area contributed by atoms with Crippen LogP contribution in [0, 0.1) is 0 Å². The number of nitrogens with one attached hydrogen (secondary N) is 1. The van der Waals surface area contributed by atoms with Crippen molar-refractivity contribution < 1.29 is 14.3 Å². The van der Waals surface area contributed by atoms with Crippen LogP contribution < -0.4 is 10.1 Å². The lowest BCUT2D eigenvalue weighted by molar-refractivity contribution is 0.0739. The number of thiophene rings is 1. The maximum absolute atomic E-state index is 13.1. The Balaban J connectivity index is 1.33. The number of ether oxygens (including phenoxy) is 1. The molecule has 6 heteroatoms. The van der Waals surface area contributed by atoms with E-state index in [1.807, 2.05) is 83.1 Å². The third-order valence-electron chi connectivity index (χ3n) is 5.60. The van der Waals surface area contributed by atoms with E-state index in [0.29, 0.717) is 35.8 Å². The van der Waals surface area contributed by atoms with E-state index in [1.54, 1.807) is 12.1 Å². The van der Waals surface area contributed by atoms with E-state index in [0.717, 1.165) is 16.9 Å². The first kappa shape index (κ1) is 21.0. The number of rotatable bonds is 5. The number of nitrogens with zero attached hydrogens (tertiary/aromatic N) is 1. The smallest absolute Gasteiger partial charge is 0.264 e. The molecule has 33 heavy (non-hydrogen) atoms. The van der Waals surface area contributed by atoms with Gasteiger partial charge in [-0.3, -0.25) is 9.59 Å². The highest BCUT2D eigenvalue weighted by Crippen LogP contribution is 2.28. The molecule has 1 aliphatic rings. The topological polar surface area (TPSA) is 58.6 Å². The maximum atomic E-state index is 13.1. The Morgan fingerprint density at radius 2 is 1.70 bits per heavy atom. The molecule has 3 aromatic carbocycles. The van der Waals surface area contributed by atoms with Crippen LogP contribution in [-0.2, 0) is 13.0 Å². The van der Waals surface area contributed by atoms with Gasteiger partial charge in [0, 0.05) is 18.8 Å². The maximum Gasteiger partial charge on any atom is 0.264 e. The molecule has 1 aliphatic heterocycles. The molecule has 4 aromatic rings. The molecule has 1 N–H and O–H groups in total. The quantitative estimate of drug-likeness (QED) is 0.403. The molecule has 164 valence electrons. The average Bonchev–Trinajstić information content (AvgIpc) is 3.39. The molecular formula is C27H22N2O3S. The minimum Gasteiger partial charge on any atom is -0.457 e. The first-order chi connectivity index (χ1) is 16.2. The largest absolute Gasteiger partial charge is 0.457 e. The fraction of sp³-hybridized carbons (Fsp3) is 0.111. The van der Waals surface area contributed by atoms with Crippen molar-refractivity contribution in [2.75, 3.05) is 11.9 Å². The Morgan fingerprint density at radius 1 is 0.879 bits per heavy atom. The van der Waals surface area contributed by atoms with E-state index in [4.69, 9.17) is 4.74 Å². The van der Waals surface area contributed by atoms with E-state index in [9.17, 15) is 9.59 Å². The van der Waals surface area contributed by atoms with E-state index in [1.165, 1.54) is 16.9 Å². The number of para-hydroxylation sites is 2. The summed E-state index contributed by atoms with van der Waals surface area (Å²) in [5.74, 6) is 0.967. The van der Waals surface area contributed by atoms with Crippen molar-refractivity contribution in [2.24, 2.45) is 0 Å².